The normalized spacial score (nSPS) is 15.5. The SMILES string of the molecule is CCC(=O)Nc1ccc([N+](=O)[O-])cc1OC1CCCCC1. The maximum atomic E-state index is 11.5. The largest absolute Gasteiger partial charge is 0.488 e. The molecule has 0 atom stereocenters. The summed E-state index contributed by atoms with van der Waals surface area (Å²) in [4.78, 5) is 22.0. The number of nitrogens with one attached hydrogen (secondary N) is 1. The number of hydrogen-bond acceptors (Lipinski definition) is 4. The molecule has 114 valence electrons. The average molecular weight is 292 g/mol. The Labute approximate surface area is 123 Å². The molecule has 6 heteroatoms. The molecule has 1 aromatic rings. The van der Waals surface area contributed by atoms with Gasteiger partial charge >= 0.3 is 0 Å². The van der Waals surface area contributed by atoms with Crippen molar-refractivity contribution >= 4 is 17.3 Å². The van der Waals surface area contributed by atoms with Crippen LogP contribution in [-0.4, -0.2) is 16.9 Å². The van der Waals surface area contributed by atoms with Crippen LogP contribution in [0, 0.1) is 10.1 Å². The molecule has 0 saturated heterocycles. The minimum absolute atomic E-state index is 0.0321. The third-order valence-electron chi connectivity index (χ3n) is 3.62. The van der Waals surface area contributed by atoms with Crippen molar-refractivity contribution in [1.29, 1.82) is 0 Å². The Hall–Kier alpha value is -2.11. The van der Waals surface area contributed by atoms with E-state index in [0.29, 0.717) is 17.9 Å². The van der Waals surface area contributed by atoms with E-state index in [4.69, 9.17) is 4.74 Å². The number of nitro benzene ring substituents is 1. The van der Waals surface area contributed by atoms with Crippen molar-refractivity contribution in [1.82, 2.24) is 0 Å². The fourth-order valence-corrected chi connectivity index (χ4v) is 2.43. The standard InChI is InChI=1S/C15H20N2O4/c1-2-15(18)16-13-9-8-11(17(19)20)10-14(13)21-12-6-4-3-5-7-12/h8-10,12H,2-7H2,1H3,(H,16,18). The molecular weight excluding hydrogens is 272 g/mol. The molecule has 0 aliphatic heterocycles. The predicted molar refractivity (Wildman–Crippen MR) is 79.5 cm³/mol. The minimum Gasteiger partial charge on any atom is -0.488 e. The monoisotopic (exact) mass is 292 g/mol. The molecule has 1 aromatic carbocycles. The molecule has 1 saturated carbocycles. The molecule has 0 radical (unpaired) electrons. The van der Waals surface area contributed by atoms with Gasteiger partial charge in [0.1, 0.15) is 5.75 Å². The highest BCUT2D eigenvalue weighted by atomic mass is 16.6. The summed E-state index contributed by atoms with van der Waals surface area (Å²) in [6, 6.07) is 4.29. The van der Waals surface area contributed by atoms with Crippen LogP contribution in [0.15, 0.2) is 18.2 Å². The van der Waals surface area contributed by atoms with Gasteiger partial charge in [-0.25, -0.2) is 0 Å². The Morgan fingerprint density at radius 1 is 1.38 bits per heavy atom. The first-order chi connectivity index (χ1) is 10.1. The maximum absolute atomic E-state index is 11.5. The fraction of sp³-hybridized carbons (Fsp3) is 0.533. The fourth-order valence-electron chi connectivity index (χ4n) is 2.43. The molecule has 1 amide bonds. The van der Waals surface area contributed by atoms with Gasteiger partial charge in [0.2, 0.25) is 5.91 Å². The number of ether oxygens (including phenoxy) is 1. The molecule has 1 fully saturated rings. The molecule has 6 nitrogen and oxygen atoms in total. The number of nitrogens with zero attached hydrogens (tertiary/aromatic N) is 1. The van der Waals surface area contributed by atoms with Gasteiger partial charge in [-0.05, 0) is 31.7 Å². The molecule has 0 bridgehead atoms. The molecule has 0 heterocycles. The summed E-state index contributed by atoms with van der Waals surface area (Å²) >= 11 is 0. The number of nitro groups is 1. The molecule has 1 aliphatic carbocycles. The van der Waals surface area contributed by atoms with Crippen LogP contribution in [0.5, 0.6) is 5.75 Å². The van der Waals surface area contributed by atoms with E-state index in [-0.39, 0.29) is 17.7 Å². The second kappa shape index (κ2) is 7.06. The number of benzene rings is 1. The number of amides is 1. The third-order valence-corrected chi connectivity index (χ3v) is 3.62. The van der Waals surface area contributed by atoms with Crippen LogP contribution in [0.1, 0.15) is 45.4 Å². The van der Waals surface area contributed by atoms with E-state index in [1.165, 1.54) is 24.6 Å². The summed E-state index contributed by atoms with van der Waals surface area (Å²) in [7, 11) is 0. The van der Waals surface area contributed by atoms with E-state index in [0.717, 1.165) is 25.7 Å². The molecule has 0 aromatic heterocycles. The van der Waals surface area contributed by atoms with Gasteiger partial charge in [0, 0.05) is 12.5 Å². The predicted octanol–water partition coefficient (Wildman–Crippen LogP) is 3.65. The highest BCUT2D eigenvalue weighted by Crippen LogP contribution is 2.32. The lowest BCUT2D eigenvalue weighted by atomic mass is 9.98. The van der Waals surface area contributed by atoms with Gasteiger partial charge in [0.25, 0.3) is 5.69 Å². The summed E-state index contributed by atoms with van der Waals surface area (Å²) in [5, 5.41) is 13.6. The molecule has 2 rings (SSSR count). The van der Waals surface area contributed by atoms with Gasteiger partial charge in [-0.3, -0.25) is 14.9 Å². The van der Waals surface area contributed by atoms with Crippen LogP contribution in [0.3, 0.4) is 0 Å². The first kappa shape index (κ1) is 15.3. The number of carbonyl (C=O) groups is 1. The van der Waals surface area contributed by atoms with Crippen molar-refractivity contribution in [3.63, 3.8) is 0 Å². The van der Waals surface area contributed by atoms with E-state index in [1.54, 1.807) is 6.92 Å². The van der Waals surface area contributed by atoms with Crippen LogP contribution < -0.4 is 10.1 Å². The summed E-state index contributed by atoms with van der Waals surface area (Å²) in [5.41, 5.74) is 0.466. The minimum atomic E-state index is -0.459. The Bertz CT molecular complexity index is 524. The van der Waals surface area contributed by atoms with Crippen LogP contribution in [0.25, 0.3) is 0 Å². The Balaban J connectivity index is 2.21. The van der Waals surface area contributed by atoms with Crippen molar-refractivity contribution in [3.8, 4) is 5.75 Å². The first-order valence-electron chi connectivity index (χ1n) is 7.35. The van der Waals surface area contributed by atoms with Gasteiger partial charge in [0.05, 0.1) is 22.8 Å². The van der Waals surface area contributed by atoms with Crippen LogP contribution in [-0.2, 0) is 4.79 Å². The number of carbonyl (C=O) groups excluding carboxylic acids is 1. The Kier molecular flexibility index (Phi) is 5.14. The van der Waals surface area contributed by atoms with Gasteiger partial charge in [-0.1, -0.05) is 13.3 Å². The molecule has 21 heavy (non-hydrogen) atoms. The van der Waals surface area contributed by atoms with Gasteiger partial charge < -0.3 is 10.1 Å². The van der Waals surface area contributed by atoms with Gasteiger partial charge in [0.15, 0.2) is 0 Å². The summed E-state index contributed by atoms with van der Waals surface area (Å²) in [6.07, 6.45) is 5.73. The number of rotatable bonds is 5. The number of anilines is 1. The van der Waals surface area contributed by atoms with E-state index in [1.807, 2.05) is 0 Å². The zero-order valence-electron chi connectivity index (χ0n) is 12.1. The van der Waals surface area contributed by atoms with Crippen LogP contribution in [0.2, 0.25) is 0 Å². The highest BCUT2D eigenvalue weighted by molar-refractivity contribution is 5.92. The lowest BCUT2D eigenvalue weighted by molar-refractivity contribution is -0.384. The topological polar surface area (TPSA) is 81.5 Å². The van der Waals surface area contributed by atoms with Crippen molar-refractivity contribution in [3.05, 3.63) is 28.3 Å². The van der Waals surface area contributed by atoms with Crippen molar-refractivity contribution < 1.29 is 14.5 Å². The third kappa shape index (κ3) is 4.18. The lowest BCUT2D eigenvalue weighted by Gasteiger charge is -2.24. The van der Waals surface area contributed by atoms with Crippen LogP contribution >= 0.6 is 0 Å². The lowest BCUT2D eigenvalue weighted by Crippen LogP contribution is -2.21. The second-order valence-corrected chi connectivity index (χ2v) is 5.22. The van der Waals surface area contributed by atoms with Crippen molar-refractivity contribution in [2.45, 2.75) is 51.6 Å². The van der Waals surface area contributed by atoms with Crippen molar-refractivity contribution in [2.75, 3.05) is 5.32 Å². The van der Waals surface area contributed by atoms with E-state index in [2.05, 4.69) is 5.32 Å². The zero-order valence-corrected chi connectivity index (χ0v) is 12.1. The van der Waals surface area contributed by atoms with E-state index in [9.17, 15) is 14.9 Å². The van der Waals surface area contributed by atoms with Gasteiger partial charge in [-0.2, -0.15) is 0 Å². The summed E-state index contributed by atoms with van der Waals surface area (Å²) in [6.45, 7) is 1.75. The highest BCUT2D eigenvalue weighted by Gasteiger charge is 2.19. The second-order valence-electron chi connectivity index (χ2n) is 5.22. The summed E-state index contributed by atoms with van der Waals surface area (Å²) in [5.74, 6) is 0.246. The van der Waals surface area contributed by atoms with Crippen molar-refractivity contribution in [2.24, 2.45) is 0 Å². The zero-order chi connectivity index (χ0) is 15.2. The van der Waals surface area contributed by atoms with E-state index < -0.39 is 4.92 Å². The molecule has 0 unspecified atom stereocenters. The van der Waals surface area contributed by atoms with E-state index >= 15 is 0 Å². The number of hydrogen-bond donors (Lipinski definition) is 1. The smallest absolute Gasteiger partial charge is 0.273 e. The summed E-state index contributed by atoms with van der Waals surface area (Å²) < 4.78 is 5.90. The number of non-ortho nitro benzene ring substituents is 1. The van der Waals surface area contributed by atoms with Gasteiger partial charge in [-0.15, -0.1) is 0 Å². The maximum Gasteiger partial charge on any atom is 0.273 e. The van der Waals surface area contributed by atoms with Crippen LogP contribution in [0.4, 0.5) is 11.4 Å². The average Bonchev–Trinajstić information content (AvgIpc) is 2.49. The molecule has 1 aliphatic rings. The molecular formula is C15H20N2O4. The quantitative estimate of drug-likeness (QED) is 0.663. The first-order valence-corrected chi connectivity index (χ1v) is 7.35. The molecule has 1 N–H and O–H groups in total. The Morgan fingerprint density at radius 2 is 2.10 bits per heavy atom. The Morgan fingerprint density at radius 3 is 2.71 bits per heavy atom. The molecule has 0 spiro atoms.